The quantitative estimate of drug-likeness (QED) is 0.778. The fraction of sp³-hybridized carbons (Fsp3) is 0.222. The molecule has 116 valence electrons. The number of carbonyl (C=O) groups excluding carboxylic acids is 1. The average Bonchev–Trinajstić information content (AvgIpc) is 3.28. The molecule has 1 amide bonds. The topological polar surface area (TPSA) is 57.8 Å². The Bertz CT molecular complexity index is 868. The maximum absolute atomic E-state index is 13.3. The summed E-state index contributed by atoms with van der Waals surface area (Å²) in [7, 11) is 0. The number of nitrogens with zero attached hydrogens (tertiary/aromatic N) is 1. The molecule has 0 aliphatic heterocycles. The van der Waals surface area contributed by atoms with Crippen LogP contribution in [0.25, 0.3) is 10.9 Å². The minimum Gasteiger partial charge on any atom is -0.361 e. The number of halogens is 1. The molecule has 5 heteroatoms. The SMILES string of the molecule is O=C(NCc1ccccn1)C1(c2c[nH]c3cc(F)ccc23)CC1. The summed E-state index contributed by atoms with van der Waals surface area (Å²) in [5.74, 6) is -0.274. The number of fused-ring (bicyclic) bond motifs is 1. The number of amides is 1. The molecule has 0 spiro atoms. The Morgan fingerprint density at radius 2 is 2.17 bits per heavy atom. The number of hydrogen-bond acceptors (Lipinski definition) is 2. The van der Waals surface area contributed by atoms with E-state index in [4.69, 9.17) is 0 Å². The Labute approximate surface area is 132 Å². The maximum atomic E-state index is 13.3. The highest BCUT2D eigenvalue weighted by Crippen LogP contribution is 2.50. The van der Waals surface area contributed by atoms with Crippen LogP contribution < -0.4 is 5.32 Å². The molecule has 1 fully saturated rings. The van der Waals surface area contributed by atoms with E-state index < -0.39 is 5.41 Å². The molecule has 0 bridgehead atoms. The van der Waals surface area contributed by atoms with Crippen molar-refractivity contribution in [2.45, 2.75) is 24.8 Å². The molecule has 1 aliphatic rings. The van der Waals surface area contributed by atoms with Crippen molar-refractivity contribution in [1.82, 2.24) is 15.3 Å². The van der Waals surface area contributed by atoms with E-state index in [9.17, 15) is 9.18 Å². The minimum absolute atomic E-state index is 0.00776. The average molecular weight is 309 g/mol. The van der Waals surface area contributed by atoms with E-state index in [1.165, 1.54) is 12.1 Å². The Balaban J connectivity index is 1.58. The smallest absolute Gasteiger partial charge is 0.231 e. The van der Waals surface area contributed by atoms with Gasteiger partial charge in [0.25, 0.3) is 0 Å². The number of pyridine rings is 1. The van der Waals surface area contributed by atoms with Crippen molar-refractivity contribution in [1.29, 1.82) is 0 Å². The first kappa shape index (κ1) is 13.9. The molecular weight excluding hydrogens is 293 g/mol. The van der Waals surface area contributed by atoms with E-state index in [-0.39, 0.29) is 11.7 Å². The van der Waals surface area contributed by atoms with Crippen molar-refractivity contribution in [3.8, 4) is 0 Å². The third-order valence-electron chi connectivity index (χ3n) is 4.50. The molecule has 4 rings (SSSR count). The number of nitrogens with one attached hydrogen (secondary N) is 2. The number of rotatable bonds is 4. The molecule has 4 nitrogen and oxygen atoms in total. The summed E-state index contributed by atoms with van der Waals surface area (Å²) < 4.78 is 13.3. The summed E-state index contributed by atoms with van der Waals surface area (Å²) in [5, 5.41) is 3.89. The molecule has 1 saturated carbocycles. The number of aromatic nitrogens is 2. The van der Waals surface area contributed by atoms with Gasteiger partial charge in [-0.25, -0.2) is 4.39 Å². The number of carbonyl (C=O) groups is 1. The van der Waals surface area contributed by atoms with Gasteiger partial charge in [0.05, 0.1) is 17.7 Å². The molecule has 0 unspecified atom stereocenters. The summed E-state index contributed by atoms with van der Waals surface area (Å²) in [4.78, 5) is 20.0. The maximum Gasteiger partial charge on any atom is 0.231 e. The van der Waals surface area contributed by atoms with Gasteiger partial charge in [-0.05, 0) is 48.7 Å². The normalized spacial score (nSPS) is 15.5. The first-order chi connectivity index (χ1) is 11.2. The molecule has 2 heterocycles. The van der Waals surface area contributed by atoms with Crippen LogP contribution in [0.2, 0.25) is 0 Å². The lowest BCUT2D eigenvalue weighted by Crippen LogP contribution is -2.34. The second-order valence-electron chi connectivity index (χ2n) is 5.98. The molecule has 1 aliphatic carbocycles. The van der Waals surface area contributed by atoms with Crippen LogP contribution in [0, 0.1) is 5.82 Å². The standard InChI is InChI=1S/C18H16FN3O/c19-12-4-5-14-15(11-21-16(14)9-12)18(6-7-18)17(23)22-10-13-3-1-2-8-20-13/h1-5,8-9,11,21H,6-7,10H2,(H,22,23). The summed E-state index contributed by atoms with van der Waals surface area (Å²) in [6.45, 7) is 0.415. The summed E-state index contributed by atoms with van der Waals surface area (Å²) in [5.41, 5.74) is 2.01. The van der Waals surface area contributed by atoms with Gasteiger partial charge in [0.15, 0.2) is 0 Å². The Morgan fingerprint density at radius 1 is 1.30 bits per heavy atom. The van der Waals surface area contributed by atoms with Crippen LogP contribution >= 0.6 is 0 Å². The highest BCUT2D eigenvalue weighted by Gasteiger charge is 2.52. The van der Waals surface area contributed by atoms with E-state index in [1.54, 1.807) is 12.3 Å². The van der Waals surface area contributed by atoms with Crippen LogP contribution in [-0.2, 0) is 16.8 Å². The minimum atomic E-state index is -0.495. The van der Waals surface area contributed by atoms with Crippen LogP contribution in [0.3, 0.4) is 0 Å². The number of H-pyrrole nitrogens is 1. The predicted octanol–water partition coefficient (Wildman–Crippen LogP) is 3.05. The number of aromatic amines is 1. The lowest BCUT2D eigenvalue weighted by atomic mass is 9.94. The van der Waals surface area contributed by atoms with Gasteiger partial charge in [0, 0.05) is 23.3 Å². The van der Waals surface area contributed by atoms with Crippen LogP contribution in [0.15, 0.2) is 48.8 Å². The lowest BCUT2D eigenvalue weighted by Gasteiger charge is -2.14. The predicted molar refractivity (Wildman–Crippen MR) is 85.3 cm³/mol. The molecule has 2 N–H and O–H groups in total. The fourth-order valence-corrected chi connectivity index (χ4v) is 3.08. The Kier molecular flexibility index (Phi) is 3.15. The molecule has 23 heavy (non-hydrogen) atoms. The zero-order chi connectivity index (χ0) is 15.9. The molecule has 0 radical (unpaired) electrons. The van der Waals surface area contributed by atoms with E-state index in [1.807, 2.05) is 24.4 Å². The van der Waals surface area contributed by atoms with Crippen molar-refractivity contribution in [2.75, 3.05) is 0 Å². The van der Waals surface area contributed by atoms with Gasteiger partial charge in [-0.2, -0.15) is 0 Å². The van der Waals surface area contributed by atoms with E-state index in [2.05, 4.69) is 15.3 Å². The molecule has 0 saturated heterocycles. The molecule has 1 aromatic carbocycles. The fourth-order valence-electron chi connectivity index (χ4n) is 3.08. The third-order valence-corrected chi connectivity index (χ3v) is 4.50. The Hall–Kier alpha value is -2.69. The monoisotopic (exact) mass is 309 g/mol. The van der Waals surface area contributed by atoms with Gasteiger partial charge in [-0.1, -0.05) is 6.07 Å². The van der Waals surface area contributed by atoms with Crippen LogP contribution in [-0.4, -0.2) is 15.9 Å². The van der Waals surface area contributed by atoms with Crippen molar-refractivity contribution in [3.05, 3.63) is 65.9 Å². The largest absolute Gasteiger partial charge is 0.361 e. The summed E-state index contributed by atoms with van der Waals surface area (Å²) >= 11 is 0. The van der Waals surface area contributed by atoms with Crippen molar-refractivity contribution in [2.24, 2.45) is 0 Å². The van der Waals surface area contributed by atoms with Crippen LogP contribution in [0.4, 0.5) is 4.39 Å². The van der Waals surface area contributed by atoms with Crippen molar-refractivity contribution < 1.29 is 9.18 Å². The zero-order valence-corrected chi connectivity index (χ0v) is 12.5. The first-order valence-corrected chi connectivity index (χ1v) is 7.64. The van der Waals surface area contributed by atoms with Gasteiger partial charge >= 0.3 is 0 Å². The van der Waals surface area contributed by atoms with Gasteiger partial charge < -0.3 is 10.3 Å². The van der Waals surface area contributed by atoms with Gasteiger partial charge in [0.2, 0.25) is 5.91 Å². The first-order valence-electron chi connectivity index (χ1n) is 7.64. The molecule has 2 aromatic heterocycles. The van der Waals surface area contributed by atoms with Crippen LogP contribution in [0.1, 0.15) is 24.1 Å². The molecule has 0 atom stereocenters. The second kappa shape index (κ2) is 5.19. The van der Waals surface area contributed by atoms with E-state index in [0.29, 0.717) is 6.54 Å². The van der Waals surface area contributed by atoms with E-state index in [0.717, 1.165) is 35.0 Å². The highest BCUT2D eigenvalue weighted by molar-refractivity contribution is 5.97. The molecule has 3 aromatic rings. The van der Waals surface area contributed by atoms with Crippen molar-refractivity contribution in [3.63, 3.8) is 0 Å². The second-order valence-corrected chi connectivity index (χ2v) is 5.98. The third kappa shape index (κ3) is 2.38. The van der Waals surface area contributed by atoms with E-state index >= 15 is 0 Å². The van der Waals surface area contributed by atoms with Gasteiger partial charge in [0.1, 0.15) is 5.82 Å². The van der Waals surface area contributed by atoms with Gasteiger partial charge in [-0.15, -0.1) is 0 Å². The lowest BCUT2D eigenvalue weighted by molar-refractivity contribution is -0.123. The zero-order valence-electron chi connectivity index (χ0n) is 12.5. The van der Waals surface area contributed by atoms with Crippen LogP contribution in [0.5, 0.6) is 0 Å². The Morgan fingerprint density at radius 3 is 2.91 bits per heavy atom. The molecular formula is C18H16FN3O. The number of benzene rings is 1. The summed E-state index contributed by atoms with van der Waals surface area (Å²) in [6.07, 6.45) is 5.16. The number of hydrogen-bond donors (Lipinski definition) is 2. The van der Waals surface area contributed by atoms with Gasteiger partial charge in [-0.3, -0.25) is 9.78 Å². The highest BCUT2D eigenvalue weighted by atomic mass is 19.1. The summed E-state index contributed by atoms with van der Waals surface area (Å²) in [6, 6.07) is 10.3. The van der Waals surface area contributed by atoms with Crippen molar-refractivity contribution >= 4 is 16.8 Å².